The first-order valence-corrected chi connectivity index (χ1v) is 7.78. The Kier molecular flexibility index (Phi) is 4.84. The standard InChI is InChI=1S/C14H15BrClNS/c1-9-3-4-11(7-12(9)15)8-17-10(2)13-5-6-14(16)18-13/h3-7,10,17H,8H2,1-2H3. The Morgan fingerprint density at radius 3 is 2.72 bits per heavy atom. The van der Waals surface area contributed by atoms with Gasteiger partial charge in [0.25, 0.3) is 0 Å². The molecule has 2 aromatic rings. The van der Waals surface area contributed by atoms with Crippen LogP contribution in [0.4, 0.5) is 0 Å². The van der Waals surface area contributed by atoms with Gasteiger partial charge in [0.05, 0.1) is 4.34 Å². The zero-order chi connectivity index (χ0) is 13.1. The van der Waals surface area contributed by atoms with E-state index in [1.807, 2.05) is 6.07 Å². The van der Waals surface area contributed by atoms with Gasteiger partial charge in [-0.2, -0.15) is 0 Å². The van der Waals surface area contributed by atoms with E-state index in [1.165, 1.54) is 16.0 Å². The maximum atomic E-state index is 5.94. The summed E-state index contributed by atoms with van der Waals surface area (Å²) < 4.78 is 2.00. The minimum Gasteiger partial charge on any atom is -0.305 e. The highest BCUT2D eigenvalue weighted by molar-refractivity contribution is 9.10. The highest BCUT2D eigenvalue weighted by Gasteiger charge is 2.07. The van der Waals surface area contributed by atoms with Gasteiger partial charge in [-0.3, -0.25) is 0 Å². The molecule has 0 bridgehead atoms. The van der Waals surface area contributed by atoms with Crippen molar-refractivity contribution in [2.75, 3.05) is 0 Å². The smallest absolute Gasteiger partial charge is 0.0931 e. The molecule has 1 aromatic heterocycles. The molecule has 96 valence electrons. The third kappa shape index (κ3) is 3.58. The number of rotatable bonds is 4. The zero-order valence-corrected chi connectivity index (χ0v) is 13.5. The SMILES string of the molecule is Cc1ccc(CNC(C)c2ccc(Cl)s2)cc1Br. The van der Waals surface area contributed by atoms with Crippen molar-refractivity contribution in [3.05, 3.63) is 55.1 Å². The third-order valence-corrected chi connectivity index (χ3v) is 5.14. The van der Waals surface area contributed by atoms with Gasteiger partial charge in [0.15, 0.2) is 0 Å². The minimum absolute atomic E-state index is 0.322. The van der Waals surface area contributed by atoms with Gasteiger partial charge in [-0.1, -0.05) is 39.7 Å². The number of hydrogen-bond donors (Lipinski definition) is 1. The van der Waals surface area contributed by atoms with Crippen molar-refractivity contribution in [2.45, 2.75) is 26.4 Å². The van der Waals surface area contributed by atoms with Crippen molar-refractivity contribution >= 4 is 38.9 Å². The molecule has 1 nitrogen and oxygen atoms in total. The predicted octanol–water partition coefficient (Wildman–Crippen LogP) is 5.32. The Labute approximate surface area is 125 Å². The lowest BCUT2D eigenvalue weighted by molar-refractivity contribution is 0.583. The number of thiophene rings is 1. The molecule has 1 unspecified atom stereocenters. The molecule has 0 aliphatic carbocycles. The summed E-state index contributed by atoms with van der Waals surface area (Å²) in [5.74, 6) is 0. The Hall–Kier alpha value is -0.350. The van der Waals surface area contributed by atoms with Crippen molar-refractivity contribution in [1.82, 2.24) is 5.32 Å². The largest absolute Gasteiger partial charge is 0.305 e. The van der Waals surface area contributed by atoms with E-state index in [1.54, 1.807) is 11.3 Å². The summed E-state index contributed by atoms with van der Waals surface area (Å²) in [6, 6.07) is 10.8. The van der Waals surface area contributed by atoms with Gasteiger partial charge in [0.2, 0.25) is 0 Å². The molecular formula is C14H15BrClNS. The molecule has 0 spiro atoms. The van der Waals surface area contributed by atoms with Crippen molar-refractivity contribution in [3.63, 3.8) is 0 Å². The summed E-state index contributed by atoms with van der Waals surface area (Å²) in [5, 5.41) is 3.51. The van der Waals surface area contributed by atoms with Gasteiger partial charge in [-0.05, 0) is 43.2 Å². The van der Waals surface area contributed by atoms with Gasteiger partial charge < -0.3 is 5.32 Å². The molecule has 0 saturated heterocycles. The van der Waals surface area contributed by atoms with Crippen LogP contribution in [-0.2, 0) is 6.54 Å². The highest BCUT2D eigenvalue weighted by atomic mass is 79.9. The molecule has 0 radical (unpaired) electrons. The Morgan fingerprint density at radius 2 is 2.11 bits per heavy atom. The van der Waals surface area contributed by atoms with Gasteiger partial charge in [-0.15, -0.1) is 11.3 Å². The van der Waals surface area contributed by atoms with Crippen molar-refractivity contribution in [3.8, 4) is 0 Å². The summed E-state index contributed by atoms with van der Waals surface area (Å²) in [4.78, 5) is 1.27. The van der Waals surface area contributed by atoms with Crippen LogP contribution in [0.2, 0.25) is 4.34 Å². The van der Waals surface area contributed by atoms with Crippen LogP contribution in [0.1, 0.15) is 29.0 Å². The molecule has 0 aliphatic heterocycles. The van der Waals surface area contributed by atoms with Gasteiger partial charge in [0, 0.05) is 21.9 Å². The van der Waals surface area contributed by atoms with Crippen LogP contribution < -0.4 is 5.32 Å². The summed E-state index contributed by atoms with van der Waals surface area (Å²) in [6.45, 7) is 5.11. The summed E-state index contributed by atoms with van der Waals surface area (Å²) in [5.41, 5.74) is 2.54. The van der Waals surface area contributed by atoms with Crippen LogP contribution in [-0.4, -0.2) is 0 Å². The first kappa shape index (κ1) is 14.1. The van der Waals surface area contributed by atoms with E-state index in [9.17, 15) is 0 Å². The van der Waals surface area contributed by atoms with E-state index >= 15 is 0 Å². The first-order chi connectivity index (χ1) is 8.56. The van der Waals surface area contributed by atoms with Crippen molar-refractivity contribution < 1.29 is 0 Å². The first-order valence-electron chi connectivity index (χ1n) is 5.80. The van der Waals surface area contributed by atoms with Crippen molar-refractivity contribution in [1.29, 1.82) is 0 Å². The van der Waals surface area contributed by atoms with E-state index in [2.05, 4.69) is 59.4 Å². The van der Waals surface area contributed by atoms with Gasteiger partial charge >= 0.3 is 0 Å². The molecule has 0 fully saturated rings. The maximum absolute atomic E-state index is 5.94. The molecule has 18 heavy (non-hydrogen) atoms. The second-order valence-electron chi connectivity index (χ2n) is 4.33. The number of aryl methyl sites for hydroxylation is 1. The molecule has 2 rings (SSSR count). The van der Waals surface area contributed by atoms with E-state index < -0.39 is 0 Å². The van der Waals surface area contributed by atoms with E-state index in [0.717, 1.165) is 15.4 Å². The normalized spacial score (nSPS) is 12.7. The maximum Gasteiger partial charge on any atom is 0.0931 e. The zero-order valence-electron chi connectivity index (χ0n) is 10.3. The van der Waals surface area contributed by atoms with E-state index in [-0.39, 0.29) is 0 Å². The molecule has 1 aromatic carbocycles. The van der Waals surface area contributed by atoms with Crippen LogP contribution in [0.3, 0.4) is 0 Å². The molecule has 0 aliphatic rings. The second kappa shape index (κ2) is 6.20. The Bertz CT molecular complexity index is 538. The minimum atomic E-state index is 0.322. The van der Waals surface area contributed by atoms with Crippen LogP contribution in [0.15, 0.2) is 34.8 Å². The summed E-state index contributed by atoms with van der Waals surface area (Å²) in [6.07, 6.45) is 0. The van der Waals surface area contributed by atoms with Crippen LogP contribution >= 0.6 is 38.9 Å². The molecule has 1 atom stereocenters. The predicted molar refractivity (Wildman–Crippen MR) is 83.5 cm³/mol. The third-order valence-electron chi connectivity index (χ3n) is 2.87. The second-order valence-corrected chi connectivity index (χ2v) is 6.93. The Morgan fingerprint density at radius 1 is 1.33 bits per heavy atom. The number of hydrogen-bond acceptors (Lipinski definition) is 2. The van der Waals surface area contributed by atoms with E-state index in [0.29, 0.717) is 6.04 Å². The van der Waals surface area contributed by atoms with Crippen LogP contribution in [0, 0.1) is 6.92 Å². The van der Waals surface area contributed by atoms with Crippen LogP contribution in [0.5, 0.6) is 0 Å². The molecule has 1 N–H and O–H groups in total. The fraction of sp³-hybridized carbons (Fsp3) is 0.286. The topological polar surface area (TPSA) is 12.0 Å². The molecule has 1 heterocycles. The quantitative estimate of drug-likeness (QED) is 0.791. The highest BCUT2D eigenvalue weighted by Crippen LogP contribution is 2.27. The van der Waals surface area contributed by atoms with Crippen LogP contribution in [0.25, 0.3) is 0 Å². The van der Waals surface area contributed by atoms with Gasteiger partial charge in [0.1, 0.15) is 0 Å². The average molecular weight is 345 g/mol. The van der Waals surface area contributed by atoms with Gasteiger partial charge in [-0.25, -0.2) is 0 Å². The lowest BCUT2D eigenvalue weighted by Crippen LogP contribution is -2.17. The lowest BCUT2D eigenvalue weighted by atomic mass is 10.1. The molecule has 0 saturated carbocycles. The van der Waals surface area contributed by atoms with Crippen molar-refractivity contribution in [2.24, 2.45) is 0 Å². The molecular weight excluding hydrogens is 330 g/mol. The fourth-order valence-electron chi connectivity index (χ4n) is 1.68. The fourth-order valence-corrected chi connectivity index (χ4v) is 3.19. The monoisotopic (exact) mass is 343 g/mol. The number of nitrogens with one attached hydrogen (secondary N) is 1. The molecule has 0 amide bonds. The average Bonchev–Trinajstić information content (AvgIpc) is 2.77. The molecule has 4 heteroatoms. The van der Waals surface area contributed by atoms with E-state index in [4.69, 9.17) is 11.6 Å². The summed E-state index contributed by atoms with van der Waals surface area (Å²) in [7, 11) is 0. The lowest BCUT2D eigenvalue weighted by Gasteiger charge is -2.12. The number of benzene rings is 1. The Balaban J connectivity index is 1.97. The number of halogens is 2. The summed E-state index contributed by atoms with van der Waals surface area (Å²) >= 11 is 11.1.